The average molecular weight is 340 g/mol. The summed E-state index contributed by atoms with van der Waals surface area (Å²) in [7, 11) is 1.30. The molecule has 5 nitrogen and oxygen atoms in total. The lowest BCUT2D eigenvalue weighted by molar-refractivity contribution is -0.155. The van der Waals surface area contributed by atoms with Crippen molar-refractivity contribution in [3.63, 3.8) is 0 Å². The molecule has 0 aromatic heterocycles. The van der Waals surface area contributed by atoms with Gasteiger partial charge < -0.3 is 14.2 Å². The first-order chi connectivity index (χ1) is 11.2. The first kappa shape index (κ1) is 19.9. The van der Waals surface area contributed by atoms with Crippen molar-refractivity contribution in [2.45, 2.75) is 45.1 Å². The number of ether oxygens (including phenoxy) is 3. The van der Waals surface area contributed by atoms with Crippen molar-refractivity contribution in [3.8, 4) is 5.75 Å². The van der Waals surface area contributed by atoms with Crippen molar-refractivity contribution in [3.05, 3.63) is 29.8 Å². The summed E-state index contributed by atoms with van der Waals surface area (Å²) in [5.74, 6) is -0.726. The molecule has 1 rings (SSSR count). The zero-order chi connectivity index (χ0) is 18.2. The van der Waals surface area contributed by atoms with Crippen LogP contribution in [0.25, 0.3) is 0 Å². The number of halogens is 1. The molecule has 134 valence electrons. The van der Waals surface area contributed by atoms with E-state index in [0.717, 1.165) is 5.56 Å². The minimum absolute atomic E-state index is 0.0406. The molecule has 1 unspecified atom stereocenters. The molecule has 0 heterocycles. The van der Waals surface area contributed by atoms with Crippen LogP contribution in [-0.2, 0) is 19.1 Å². The minimum atomic E-state index is -0.598. The second-order valence-corrected chi connectivity index (χ2v) is 6.38. The van der Waals surface area contributed by atoms with E-state index < -0.39 is 30.1 Å². The summed E-state index contributed by atoms with van der Waals surface area (Å²) in [6.07, 6.45) is 0.0846. The zero-order valence-electron chi connectivity index (χ0n) is 14.6. The molecule has 1 atom stereocenters. The van der Waals surface area contributed by atoms with E-state index in [9.17, 15) is 14.0 Å². The third-order valence-corrected chi connectivity index (χ3v) is 3.15. The first-order valence-corrected chi connectivity index (χ1v) is 7.82. The summed E-state index contributed by atoms with van der Waals surface area (Å²) in [5.41, 5.74) is 0.140. The van der Waals surface area contributed by atoms with Crippen LogP contribution in [0.15, 0.2) is 24.3 Å². The van der Waals surface area contributed by atoms with Crippen LogP contribution in [0.5, 0.6) is 5.75 Å². The Morgan fingerprint density at radius 2 is 1.83 bits per heavy atom. The second kappa shape index (κ2) is 9.25. The van der Waals surface area contributed by atoms with Crippen LogP contribution >= 0.6 is 0 Å². The SMILES string of the molecule is COC(=O)CC(CC(=O)OC(C)(C)C)c1cccc(OCCF)c1. The van der Waals surface area contributed by atoms with Gasteiger partial charge in [0.1, 0.15) is 24.6 Å². The molecule has 0 radical (unpaired) electrons. The molecule has 0 saturated carbocycles. The minimum Gasteiger partial charge on any atom is -0.491 e. The number of methoxy groups -OCH3 is 1. The summed E-state index contributed by atoms with van der Waals surface area (Å²) in [5, 5.41) is 0. The second-order valence-electron chi connectivity index (χ2n) is 6.38. The van der Waals surface area contributed by atoms with Gasteiger partial charge in [-0.2, -0.15) is 0 Å². The van der Waals surface area contributed by atoms with Crippen LogP contribution in [0.3, 0.4) is 0 Å². The molecule has 1 aromatic carbocycles. The van der Waals surface area contributed by atoms with Gasteiger partial charge in [-0.1, -0.05) is 12.1 Å². The molecule has 0 saturated heterocycles. The normalized spacial score (nSPS) is 12.4. The molecule has 0 aliphatic heterocycles. The predicted octanol–water partition coefficient (Wildman–Crippen LogP) is 3.41. The monoisotopic (exact) mass is 340 g/mol. The fraction of sp³-hybridized carbons (Fsp3) is 0.556. The third kappa shape index (κ3) is 7.44. The number of carbonyl (C=O) groups excluding carboxylic acids is 2. The fourth-order valence-corrected chi connectivity index (χ4v) is 2.19. The van der Waals surface area contributed by atoms with Crippen LogP contribution in [0.1, 0.15) is 45.1 Å². The van der Waals surface area contributed by atoms with Gasteiger partial charge in [0, 0.05) is 5.92 Å². The van der Waals surface area contributed by atoms with E-state index >= 15 is 0 Å². The molecule has 1 aromatic rings. The van der Waals surface area contributed by atoms with Crippen LogP contribution in [0.4, 0.5) is 4.39 Å². The molecule has 0 aliphatic rings. The summed E-state index contributed by atoms with van der Waals surface area (Å²) in [6, 6.07) is 6.93. The lowest BCUT2D eigenvalue weighted by atomic mass is 9.92. The standard InChI is InChI=1S/C18H25FO5/c1-18(2,3)24-17(21)12-14(11-16(20)22-4)13-6-5-7-15(10-13)23-9-8-19/h5-7,10,14H,8-9,11-12H2,1-4H3. The Kier molecular flexibility index (Phi) is 7.68. The Hall–Kier alpha value is -2.11. The van der Waals surface area contributed by atoms with E-state index in [1.54, 1.807) is 45.0 Å². The summed E-state index contributed by atoms with van der Waals surface area (Å²) in [6.45, 7) is 4.72. The van der Waals surface area contributed by atoms with Crippen molar-refractivity contribution in [2.75, 3.05) is 20.4 Å². The van der Waals surface area contributed by atoms with E-state index in [2.05, 4.69) is 0 Å². The van der Waals surface area contributed by atoms with Crippen LogP contribution in [0, 0.1) is 0 Å². The van der Waals surface area contributed by atoms with Crippen molar-refractivity contribution in [1.82, 2.24) is 0 Å². The van der Waals surface area contributed by atoms with Crippen molar-refractivity contribution < 1.29 is 28.2 Å². The highest BCUT2D eigenvalue weighted by Crippen LogP contribution is 2.28. The highest BCUT2D eigenvalue weighted by Gasteiger charge is 2.24. The summed E-state index contributed by atoms with van der Waals surface area (Å²) < 4.78 is 27.5. The van der Waals surface area contributed by atoms with Crippen LogP contribution < -0.4 is 4.74 Å². The number of hydrogen-bond acceptors (Lipinski definition) is 5. The number of carbonyl (C=O) groups is 2. The molecule has 0 spiro atoms. The summed E-state index contributed by atoms with van der Waals surface area (Å²) in [4.78, 5) is 23.8. The number of hydrogen-bond donors (Lipinski definition) is 0. The van der Waals surface area contributed by atoms with E-state index in [4.69, 9.17) is 14.2 Å². The fourth-order valence-electron chi connectivity index (χ4n) is 2.19. The Bertz CT molecular complexity index is 551. The van der Waals surface area contributed by atoms with Gasteiger partial charge in [0.15, 0.2) is 0 Å². The number of alkyl halides is 1. The molecule has 6 heteroatoms. The molecule has 0 bridgehead atoms. The molecule has 0 aliphatic carbocycles. The van der Waals surface area contributed by atoms with Crippen molar-refractivity contribution in [1.29, 1.82) is 0 Å². The van der Waals surface area contributed by atoms with Gasteiger partial charge >= 0.3 is 11.9 Å². The van der Waals surface area contributed by atoms with Crippen LogP contribution in [-0.4, -0.2) is 37.9 Å². The number of benzene rings is 1. The van der Waals surface area contributed by atoms with Gasteiger partial charge in [-0.15, -0.1) is 0 Å². The van der Waals surface area contributed by atoms with E-state index in [0.29, 0.717) is 5.75 Å². The van der Waals surface area contributed by atoms with E-state index in [1.165, 1.54) is 7.11 Å². The number of rotatable bonds is 8. The van der Waals surface area contributed by atoms with E-state index in [1.807, 2.05) is 0 Å². The van der Waals surface area contributed by atoms with Gasteiger partial charge in [-0.05, 0) is 38.5 Å². The van der Waals surface area contributed by atoms with Gasteiger partial charge in [-0.25, -0.2) is 4.39 Å². The Labute approximate surface area is 142 Å². The lowest BCUT2D eigenvalue weighted by Crippen LogP contribution is -2.25. The quantitative estimate of drug-likeness (QED) is 0.679. The highest BCUT2D eigenvalue weighted by molar-refractivity contribution is 5.75. The molecule has 24 heavy (non-hydrogen) atoms. The van der Waals surface area contributed by atoms with Gasteiger partial charge in [-0.3, -0.25) is 9.59 Å². The Morgan fingerprint density at radius 1 is 1.17 bits per heavy atom. The van der Waals surface area contributed by atoms with Crippen molar-refractivity contribution in [2.24, 2.45) is 0 Å². The average Bonchev–Trinajstić information content (AvgIpc) is 2.50. The van der Waals surface area contributed by atoms with E-state index in [-0.39, 0.29) is 19.4 Å². The maximum atomic E-state index is 12.2. The van der Waals surface area contributed by atoms with Crippen LogP contribution in [0.2, 0.25) is 0 Å². The Balaban J connectivity index is 2.92. The van der Waals surface area contributed by atoms with Gasteiger partial charge in [0.2, 0.25) is 0 Å². The molecule has 0 fully saturated rings. The Morgan fingerprint density at radius 3 is 2.42 bits per heavy atom. The molecular weight excluding hydrogens is 315 g/mol. The number of esters is 2. The smallest absolute Gasteiger partial charge is 0.306 e. The van der Waals surface area contributed by atoms with Gasteiger partial charge in [0.05, 0.1) is 20.0 Å². The topological polar surface area (TPSA) is 61.8 Å². The molecule has 0 amide bonds. The third-order valence-electron chi connectivity index (χ3n) is 3.15. The first-order valence-electron chi connectivity index (χ1n) is 7.82. The lowest BCUT2D eigenvalue weighted by Gasteiger charge is -2.22. The maximum Gasteiger partial charge on any atom is 0.306 e. The van der Waals surface area contributed by atoms with Crippen molar-refractivity contribution >= 4 is 11.9 Å². The molecular formula is C18H25FO5. The largest absolute Gasteiger partial charge is 0.491 e. The maximum absolute atomic E-state index is 12.2. The predicted molar refractivity (Wildman–Crippen MR) is 87.7 cm³/mol. The summed E-state index contributed by atoms with van der Waals surface area (Å²) >= 11 is 0. The highest BCUT2D eigenvalue weighted by atomic mass is 19.1. The van der Waals surface area contributed by atoms with Gasteiger partial charge in [0.25, 0.3) is 0 Å². The molecule has 0 N–H and O–H groups in total. The zero-order valence-corrected chi connectivity index (χ0v) is 14.6.